The van der Waals surface area contributed by atoms with Gasteiger partial charge in [0.15, 0.2) is 0 Å². The Morgan fingerprint density at radius 3 is 2.11 bits per heavy atom. The molecule has 0 spiro atoms. The Labute approximate surface area is 116 Å². The second-order valence-corrected chi connectivity index (χ2v) is 7.68. The molecule has 108 valence electrons. The van der Waals surface area contributed by atoms with Gasteiger partial charge in [0.1, 0.15) is 0 Å². The maximum absolute atomic E-state index is 11.9. The molecule has 1 aromatic carbocycles. The van der Waals surface area contributed by atoms with Gasteiger partial charge in [-0.2, -0.15) is 0 Å². The van der Waals surface area contributed by atoms with Gasteiger partial charge in [-0.25, -0.2) is 12.7 Å². The first-order chi connectivity index (χ1) is 8.73. The van der Waals surface area contributed by atoms with Gasteiger partial charge in [-0.1, -0.05) is 26.0 Å². The lowest BCUT2D eigenvalue weighted by Gasteiger charge is -2.15. The van der Waals surface area contributed by atoms with Gasteiger partial charge in [-0.15, -0.1) is 0 Å². The first-order valence-electron chi connectivity index (χ1n) is 6.50. The number of benzene rings is 1. The van der Waals surface area contributed by atoms with Gasteiger partial charge < -0.3 is 5.73 Å². The molecule has 0 aliphatic heterocycles. The van der Waals surface area contributed by atoms with Crippen molar-refractivity contribution in [2.45, 2.75) is 37.6 Å². The van der Waals surface area contributed by atoms with Crippen LogP contribution in [0.25, 0.3) is 0 Å². The molecule has 5 heteroatoms. The smallest absolute Gasteiger partial charge is 0.242 e. The zero-order valence-corrected chi connectivity index (χ0v) is 12.9. The summed E-state index contributed by atoms with van der Waals surface area (Å²) in [6, 6.07) is 7.10. The molecule has 0 aliphatic carbocycles. The SMILES string of the molecule is CC(C)CC(N)Cc1ccc(S(=O)(=O)N(C)C)cc1. The summed E-state index contributed by atoms with van der Waals surface area (Å²) in [5.41, 5.74) is 7.13. The minimum Gasteiger partial charge on any atom is -0.327 e. The fourth-order valence-corrected chi connectivity index (χ4v) is 2.90. The molecule has 2 N–H and O–H groups in total. The van der Waals surface area contributed by atoms with E-state index in [2.05, 4.69) is 13.8 Å². The predicted molar refractivity (Wildman–Crippen MR) is 78.4 cm³/mol. The van der Waals surface area contributed by atoms with Crippen molar-refractivity contribution < 1.29 is 8.42 Å². The molecule has 0 amide bonds. The Morgan fingerprint density at radius 2 is 1.68 bits per heavy atom. The molecule has 0 aliphatic rings. The third-order valence-electron chi connectivity index (χ3n) is 2.97. The van der Waals surface area contributed by atoms with Crippen LogP contribution in [0.3, 0.4) is 0 Å². The van der Waals surface area contributed by atoms with E-state index in [0.717, 1.165) is 18.4 Å². The Bertz CT molecular complexity index is 493. The number of rotatable bonds is 6. The normalized spacial score (nSPS) is 14.1. The summed E-state index contributed by atoms with van der Waals surface area (Å²) in [6.45, 7) is 4.29. The second kappa shape index (κ2) is 6.50. The highest BCUT2D eigenvalue weighted by Gasteiger charge is 2.16. The quantitative estimate of drug-likeness (QED) is 0.867. The molecule has 1 aromatic rings. The number of nitrogens with two attached hydrogens (primary N) is 1. The van der Waals surface area contributed by atoms with Crippen LogP contribution in [0, 0.1) is 5.92 Å². The van der Waals surface area contributed by atoms with Crippen molar-refractivity contribution in [3.63, 3.8) is 0 Å². The summed E-state index contributed by atoms with van der Waals surface area (Å²) in [4.78, 5) is 0.318. The van der Waals surface area contributed by atoms with E-state index in [0.29, 0.717) is 10.8 Å². The predicted octanol–water partition coefficient (Wildman–Crippen LogP) is 1.85. The number of nitrogens with zero attached hydrogens (tertiary/aromatic N) is 1. The highest BCUT2D eigenvalue weighted by molar-refractivity contribution is 7.89. The fourth-order valence-electron chi connectivity index (χ4n) is 2.00. The molecule has 19 heavy (non-hydrogen) atoms. The lowest BCUT2D eigenvalue weighted by Crippen LogP contribution is -2.25. The van der Waals surface area contributed by atoms with E-state index < -0.39 is 10.0 Å². The minimum atomic E-state index is -3.34. The van der Waals surface area contributed by atoms with Gasteiger partial charge in [0, 0.05) is 20.1 Å². The second-order valence-electron chi connectivity index (χ2n) is 5.53. The zero-order chi connectivity index (χ0) is 14.6. The van der Waals surface area contributed by atoms with E-state index in [1.165, 1.54) is 18.4 Å². The van der Waals surface area contributed by atoms with Crippen molar-refractivity contribution in [2.24, 2.45) is 11.7 Å². The molecule has 1 atom stereocenters. The van der Waals surface area contributed by atoms with Crippen LogP contribution in [0.5, 0.6) is 0 Å². The molecule has 1 rings (SSSR count). The molecular weight excluding hydrogens is 260 g/mol. The highest BCUT2D eigenvalue weighted by Crippen LogP contribution is 2.15. The lowest BCUT2D eigenvalue weighted by atomic mass is 9.98. The summed E-state index contributed by atoms with van der Waals surface area (Å²) < 4.78 is 25.0. The van der Waals surface area contributed by atoms with E-state index in [1.807, 2.05) is 12.1 Å². The molecule has 0 radical (unpaired) electrons. The van der Waals surface area contributed by atoms with Crippen molar-refractivity contribution >= 4 is 10.0 Å². The maximum atomic E-state index is 11.9. The Balaban J connectivity index is 2.78. The monoisotopic (exact) mass is 284 g/mol. The summed E-state index contributed by atoms with van der Waals surface area (Å²) in [7, 11) is -0.280. The van der Waals surface area contributed by atoms with Gasteiger partial charge in [-0.05, 0) is 36.5 Å². The zero-order valence-electron chi connectivity index (χ0n) is 12.1. The molecular formula is C14H24N2O2S. The Hall–Kier alpha value is -0.910. The topological polar surface area (TPSA) is 63.4 Å². The van der Waals surface area contributed by atoms with Gasteiger partial charge in [0.2, 0.25) is 10.0 Å². The van der Waals surface area contributed by atoms with Gasteiger partial charge in [-0.3, -0.25) is 0 Å². The average Bonchev–Trinajstić information content (AvgIpc) is 2.28. The minimum absolute atomic E-state index is 0.122. The van der Waals surface area contributed by atoms with Crippen LogP contribution < -0.4 is 5.73 Å². The van der Waals surface area contributed by atoms with Crippen molar-refractivity contribution in [1.82, 2.24) is 4.31 Å². The number of hydrogen-bond acceptors (Lipinski definition) is 3. The Kier molecular flexibility index (Phi) is 5.52. The molecule has 0 fully saturated rings. The summed E-state index contributed by atoms with van der Waals surface area (Å²) in [5.74, 6) is 0.573. The number of sulfonamides is 1. The van der Waals surface area contributed by atoms with Gasteiger partial charge in [0.25, 0.3) is 0 Å². The van der Waals surface area contributed by atoms with Crippen molar-refractivity contribution in [3.05, 3.63) is 29.8 Å². The van der Waals surface area contributed by atoms with Crippen molar-refractivity contribution in [3.8, 4) is 0 Å². The van der Waals surface area contributed by atoms with Crippen LogP contribution in [0.1, 0.15) is 25.8 Å². The van der Waals surface area contributed by atoms with Crippen LogP contribution in [-0.2, 0) is 16.4 Å². The van der Waals surface area contributed by atoms with E-state index in [4.69, 9.17) is 5.73 Å². The molecule has 0 bridgehead atoms. The van der Waals surface area contributed by atoms with Crippen LogP contribution in [0.4, 0.5) is 0 Å². The molecule has 1 unspecified atom stereocenters. The van der Waals surface area contributed by atoms with E-state index in [1.54, 1.807) is 12.1 Å². The first-order valence-corrected chi connectivity index (χ1v) is 7.94. The van der Waals surface area contributed by atoms with Crippen LogP contribution in [0.15, 0.2) is 29.2 Å². The molecule has 0 saturated carbocycles. The largest absolute Gasteiger partial charge is 0.327 e. The Morgan fingerprint density at radius 1 is 1.16 bits per heavy atom. The maximum Gasteiger partial charge on any atom is 0.242 e. The fraction of sp³-hybridized carbons (Fsp3) is 0.571. The van der Waals surface area contributed by atoms with Crippen molar-refractivity contribution in [1.29, 1.82) is 0 Å². The summed E-state index contributed by atoms with van der Waals surface area (Å²) >= 11 is 0. The molecule has 0 heterocycles. The van der Waals surface area contributed by atoms with Crippen molar-refractivity contribution in [2.75, 3.05) is 14.1 Å². The van der Waals surface area contributed by atoms with E-state index in [-0.39, 0.29) is 6.04 Å². The van der Waals surface area contributed by atoms with Crippen LogP contribution >= 0.6 is 0 Å². The summed E-state index contributed by atoms with van der Waals surface area (Å²) in [6.07, 6.45) is 1.75. The highest BCUT2D eigenvalue weighted by atomic mass is 32.2. The van der Waals surface area contributed by atoms with Crippen LogP contribution in [-0.4, -0.2) is 32.9 Å². The van der Waals surface area contributed by atoms with E-state index >= 15 is 0 Å². The number of hydrogen-bond donors (Lipinski definition) is 1. The first kappa shape index (κ1) is 16.1. The van der Waals surface area contributed by atoms with Crippen LogP contribution in [0.2, 0.25) is 0 Å². The third-order valence-corrected chi connectivity index (χ3v) is 4.80. The molecule has 0 aromatic heterocycles. The summed E-state index contributed by atoms with van der Waals surface area (Å²) in [5, 5.41) is 0. The lowest BCUT2D eigenvalue weighted by molar-refractivity contribution is 0.493. The molecule has 0 saturated heterocycles. The average molecular weight is 284 g/mol. The van der Waals surface area contributed by atoms with Gasteiger partial charge in [0.05, 0.1) is 4.90 Å². The third kappa shape index (κ3) is 4.60. The van der Waals surface area contributed by atoms with E-state index in [9.17, 15) is 8.42 Å². The molecule has 4 nitrogen and oxygen atoms in total. The van der Waals surface area contributed by atoms with Gasteiger partial charge >= 0.3 is 0 Å². The standard InChI is InChI=1S/C14H24N2O2S/c1-11(2)9-13(15)10-12-5-7-14(8-6-12)19(17,18)16(3)4/h5-8,11,13H,9-10,15H2,1-4H3.